The minimum atomic E-state index is 0.481. The molecule has 5 nitrogen and oxygen atoms in total. The van der Waals surface area contributed by atoms with E-state index in [-0.39, 0.29) is 0 Å². The highest BCUT2D eigenvalue weighted by molar-refractivity contribution is 9.10. The molecule has 30 heavy (non-hydrogen) atoms. The minimum absolute atomic E-state index is 0.481. The van der Waals surface area contributed by atoms with Crippen LogP contribution in [0.15, 0.2) is 77.3 Å². The van der Waals surface area contributed by atoms with Crippen LogP contribution in [-0.4, -0.2) is 21.4 Å². The summed E-state index contributed by atoms with van der Waals surface area (Å²) < 4.78 is 14.8. The zero-order valence-electron chi connectivity index (χ0n) is 16.3. The molecule has 152 valence electrons. The van der Waals surface area contributed by atoms with Gasteiger partial charge in [-0.05, 0) is 77.0 Å². The fourth-order valence-corrected chi connectivity index (χ4v) is 3.70. The SMILES string of the molecule is CCOc1ccc(-n2c(-c3ccc(COc4ccccc4Br)cc3)n[nH]c2=S)cc1. The monoisotopic (exact) mass is 481 g/mol. The first kappa shape index (κ1) is 20.4. The maximum atomic E-state index is 5.89. The predicted octanol–water partition coefficient (Wildman–Crippen LogP) is 6.34. The molecule has 0 unspecified atom stereocenters. The molecule has 1 heterocycles. The van der Waals surface area contributed by atoms with Crippen LogP contribution in [0.2, 0.25) is 0 Å². The van der Waals surface area contributed by atoms with Crippen LogP contribution in [0.3, 0.4) is 0 Å². The van der Waals surface area contributed by atoms with Gasteiger partial charge in [0.15, 0.2) is 10.6 Å². The standard InChI is InChI=1S/C23H20BrN3O2S/c1-2-28-19-13-11-18(12-14-19)27-22(25-26-23(27)30)17-9-7-16(8-10-17)15-29-21-6-4-3-5-20(21)24/h3-14H,2,15H2,1H3,(H,26,30). The molecule has 1 N–H and O–H groups in total. The molecule has 0 spiro atoms. The fraction of sp³-hybridized carbons (Fsp3) is 0.130. The van der Waals surface area contributed by atoms with Gasteiger partial charge >= 0.3 is 0 Å². The summed E-state index contributed by atoms with van der Waals surface area (Å²) in [6.45, 7) is 3.08. The third-order valence-corrected chi connectivity index (χ3v) is 5.45. The topological polar surface area (TPSA) is 52.1 Å². The summed E-state index contributed by atoms with van der Waals surface area (Å²) in [6, 6.07) is 23.7. The number of nitrogens with zero attached hydrogens (tertiary/aromatic N) is 2. The third-order valence-electron chi connectivity index (χ3n) is 4.52. The van der Waals surface area contributed by atoms with Crippen LogP contribution < -0.4 is 9.47 Å². The zero-order valence-corrected chi connectivity index (χ0v) is 18.7. The maximum absolute atomic E-state index is 5.89. The number of ether oxygens (including phenoxy) is 2. The second kappa shape index (κ2) is 9.28. The van der Waals surface area contributed by atoms with Gasteiger partial charge in [-0.1, -0.05) is 36.4 Å². The summed E-state index contributed by atoms with van der Waals surface area (Å²) in [4.78, 5) is 0. The van der Waals surface area contributed by atoms with Crippen molar-refractivity contribution in [2.45, 2.75) is 13.5 Å². The Hall–Kier alpha value is -2.90. The van der Waals surface area contributed by atoms with Crippen LogP contribution >= 0.6 is 28.1 Å². The molecule has 1 aromatic heterocycles. The molecule has 0 aliphatic heterocycles. The van der Waals surface area contributed by atoms with Crippen LogP contribution in [0.5, 0.6) is 11.5 Å². The molecule has 0 atom stereocenters. The van der Waals surface area contributed by atoms with Gasteiger partial charge < -0.3 is 9.47 Å². The van der Waals surface area contributed by atoms with Crippen molar-refractivity contribution in [1.29, 1.82) is 0 Å². The minimum Gasteiger partial charge on any atom is -0.494 e. The highest BCUT2D eigenvalue weighted by Gasteiger charge is 2.11. The number of aromatic nitrogens is 3. The second-order valence-electron chi connectivity index (χ2n) is 6.53. The van der Waals surface area contributed by atoms with Crippen molar-refractivity contribution >= 4 is 28.1 Å². The Bertz CT molecular complexity index is 1180. The number of H-pyrrole nitrogens is 1. The van der Waals surface area contributed by atoms with Gasteiger partial charge in [-0.3, -0.25) is 9.67 Å². The number of hydrogen-bond acceptors (Lipinski definition) is 4. The quantitative estimate of drug-likeness (QED) is 0.313. The molecule has 0 saturated carbocycles. The van der Waals surface area contributed by atoms with Crippen molar-refractivity contribution in [1.82, 2.24) is 14.8 Å². The average Bonchev–Trinajstić information content (AvgIpc) is 3.16. The summed E-state index contributed by atoms with van der Waals surface area (Å²) in [5.41, 5.74) is 2.95. The van der Waals surface area contributed by atoms with Crippen molar-refractivity contribution in [2.24, 2.45) is 0 Å². The van der Waals surface area contributed by atoms with Gasteiger partial charge in [0.25, 0.3) is 0 Å². The lowest BCUT2D eigenvalue weighted by Crippen LogP contribution is -1.99. The van der Waals surface area contributed by atoms with E-state index in [0.717, 1.165) is 38.6 Å². The van der Waals surface area contributed by atoms with E-state index in [4.69, 9.17) is 21.7 Å². The molecule has 4 rings (SSSR count). The Morgan fingerprint density at radius 2 is 1.70 bits per heavy atom. The van der Waals surface area contributed by atoms with Crippen molar-refractivity contribution < 1.29 is 9.47 Å². The van der Waals surface area contributed by atoms with E-state index in [0.29, 0.717) is 18.0 Å². The molecular formula is C23H20BrN3O2S. The zero-order chi connectivity index (χ0) is 20.9. The second-order valence-corrected chi connectivity index (χ2v) is 7.77. The Balaban J connectivity index is 1.55. The third kappa shape index (κ3) is 4.47. The molecule has 0 fully saturated rings. The van der Waals surface area contributed by atoms with Gasteiger partial charge in [0.2, 0.25) is 0 Å². The lowest BCUT2D eigenvalue weighted by molar-refractivity contribution is 0.304. The van der Waals surface area contributed by atoms with Crippen LogP contribution in [0.25, 0.3) is 17.1 Å². The van der Waals surface area contributed by atoms with E-state index < -0.39 is 0 Å². The van der Waals surface area contributed by atoms with E-state index in [1.54, 1.807) is 0 Å². The van der Waals surface area contributed by atoms with Crippen molar-refractivity contribution in [3.05, 3.63) is 87.6 Å². The molecule has 7 heteroatoms. The first-order valence-corrected chi connectivity index (χ1v) is 10.7. The summed E-state index contributed by atoms with van der Waals surface area (Å²) >= 11 is 8.96. The van der Waals surface area contributed by atoms with Gasteiger partial charge in [-0.2, -0.15) is 5.10 Å². The first-order valence-electron chi connectivity index (χ1n) is 9.53. The summed E-state index contributed by atoms with van der Waals surface area (Å²) in [5.74, 6) is 2.40. The molecule has 0 amide bonds. The summed E-state index contributed by atoms with van der Waals surface area (Å²) in [6.07, 6.45) is 0. The number of rotatable bonds is 7. The largest absolute Gasteiger partial charge is 0.494 e. The molecule has 0 radical (unpaired) electrons. The van der Waals surface area contributed by atoms with Gasteiger partial charge in [0.1, 0.15) is 18.1 Å². The maximum Gasteiger partial charge on any atom is 0.200 e. The molecule has 0 saturated heterocycles. The van der Waals surface area contributed by atoms with Gasteiger partial charge in [-0.15, -0.1) is 0 Å². The van der Waals surface area contributed by atoms with E-state index >= 15 is 0 Å². The van der Waals surface area contributed by atoms with Crippen LogP contribution in [0.4, 0.5) is 0 Å². The number of benzene rings is 3. The Morgan fingerprint density at radius 3 is 2.40 bits per heavy atom. The molecule has 0 bridgehead atoms. The highest BCUT2D eigenvalue weighted by atomic mass is 79.9. The van der Waals surface area contributed by atoms with Crippen molar-refractivity contribution in [3.8, 4) is 28.6 Å². The number of para-hydroxylation sites is 1. The van der Waals surface area contributed by atoms with E-state index in [1.165, 1.54) is 0 Å². The molecule has 3 aromatic carbocycles. The molecular weight excluding hydrogens is 462 g/mol. The molecule has 0 aliphatic carbocycles. The van der Waals surface area contributed by atoms with Crippen molar-refractivity contribution in [3.63, 3.8) is 0 Å². The van der Waals surface area contributed by atoms with Gasteiger partial charge in [0.05, 0.1) is 16.8 Å². The number of nitrogens with one attached hydrogen (secondary N) is 1. The van der Waals surface area contributed by atoms with E-state index in [2.05, 4.69) is 26.1 Å². The molecule has 0 aliphatic rings. The smallest absolute Gasteiger partial charge is 0.200 e. The van der Waals surface area contributed by atoms with Crippen LogP contribution in [0, 0.1) is 4.77 Å². The fourth-order valence-electron chi connectivity index (χ4n) is 3.06. The average molecular weight is 482 g/mol. The van der Waals surface area contributed by atoms with Crippen molar-refractivity contribution in [2.75, 3.05) is 6.61 Å². The summed E-state index contributed by atoms with van der Waals surface area (Å²) in [5, 5.41) is 7.33. The Labute approximate surface area is 188 Å². The van der Waals surface area contributed by atoms with Crippen LogP contribution in [0.1, 0.15) is 12.5 Å². The lowest BCUT2D eigenvalue weighted by Gasteiger charge is -2.10. The van der Waals surface area contributed by atoms with Gasteiger partial charge in [0, 0.05) is 5.56 Å². The Morgan fingerprint density at radius 1 is 0.967 bits per heavy atom. The van der Waals surface area contributed by atoms with Gasteiger partial charge in [-0.25, -0.2) is 0 Å². The molecule has 4 aromatic rings. The summed E-state index contributed by atoms with van der Waals surface area (Å²) in [7, 11) is 0. The van der Waals surface area contributed by atoms with E-state index in [9.17, 15) is 0 Å². The number of halogens is 1. The number of aromatic amines is 1. The highest BCUT2D eigenvalue weighted by Crippen LogP contribution is 2.26. The Kier molecular flexibility index (Phi) is 6.30. The van der Waals surface area contributed by atoms with E-state index in [1.807, 2.05) is 84.3 Å². The lowest BCUT2D eigenvalue weighted by atomic mass is 10.1. The van der Waals surface area contributed by atoms with Crippen LogP contribution in [-0.2, 0) is 6.61 Å². The normalized spacial score (nSPS) is 10.7. The first-order chi connectivity index (χ1) is 14.7. The predicted molar refractivity (Wildman–Crippen MR) is 124 cm³/mol. The number of hydrogen-bond donors (Lipinski definition) is 1.